The van der Waals surface area contributed by atoms with Gasteiger partial charge >= 0.3 is 0 Å². The van der Waals surface area contributed by atoms with Crippen molar-refractivity contribution in [2.45, 2.75) is 42.9 Å². The molecule has 1 aromatic carbocycles. The van der Waals surface area contributed by atoms with Crippen LogP contribution < -0.4 is 5.14 Å². The van der Waals surface area contributed by atoms with E-state index in [1.165, 1.54) is 23.5 Å². The number of amides is 1. The first-order valence-corrected chi connectivity index (χ1v) is 9.51. The molecule has 2 aliphatic carbocycles. The maximum absolute atomic E-state index is 13.0. The van der Waals surface area contributed by atoms with Crippen molar-refractivity contribution in [1.82, 2.24) is 4.90 Å². The lowest BCUT2D eigenvalue weighted by molar-refractivity contribution is 0.0657. The second-order valence-electron chi connectivity index (χ2n) is 6.40. The number of rotatable bonds is 4. The number of fused-ring (bicyclic) bond motifs is 1. The van der Waals surface area contributed by atoms with Crippen LogP contribution in [0.2, 0.25) is 0 Å². The Morgan fingerprint density at radius 3 is 2.62 bits per heavy atom. The minimum Gasteiger partial charge on any atom is -0.451 e. The Bertz CT molecular complexity index is 899. The van der Waals surface area contributed by atoms with Gasteiger partial charge in [-0.15, -0.1) is 0 Å². The van der Waals surface area contributed by atoms with Gasteiger partial charge in [-0.05, 0) is 36.8 Å². The normalized spacial score (nSPS) is 20.0. The number of carbonyl (C=O) groups is 1. The van der Waals surface area contributed by atoms with Gasteiger partial charge in [0.15, 0.2) is 0 Å². The Morgan fingerprint density at radius 1 is 1.21 bits per heavy atom. The zero-order valence-corrected chi connectivity index (χ0v) is 13.8. The highest BCUT2D eigenvalue weighted by Crippen LogP contribution is 2.42. The van der Waals surface area contributed by atoms with Gasteiger partial charge in [-0.2, -0.15) is 0 Å². The molecule has 126 valence electrons. The highest BCUT2D eigenvalue weighted by molar-refractivity contribution is 7.89. The van der Waals surface area contributed by atoms with Crippen molar-refractivity contribution in [3.63, 3.8) is 0 Å². The van der Waals surface area contributed by atoms with Crippen molar-refractivity contribution in [3.05, 3.63) is 53.3 Å². The molecule has 0 spiro atoms. The predicted molar refractivity (Wildman–Crippen MR) is 86.8 cm³/mol. The van der Waals surface area contributed by atoms with Gasteiger partial charge in [0.1, 0.15) is 6.26 Å². The van der Waals surface area contributed by atoms with Crippen LogP contribution in [0.1, 0.15) is 46.8 Å². The quantitative estimate of drug-likeness (QED) is 0.918. The van der Waals surface area contributed by atoms with Crippen LogP contribution in [0.4, 0.5) is 0 Å². The number of furan rings is 1. The number of nitrogens with zero attached hydrogens (tertiary/aromatic N) is 1. The molecule has 24 heavy (non-hydrogen) atoms. The van der Waals surface area contributed by atoms with Gasteiger partial charge in [0.05, 0.1) is 11.6 Å². The number of primary sulfonamides is 1. The Kier molecular flexibility index (Phi) is 3.51. The predicted octanol–water partition coefficient (Wildman–Crippen LogP) is 2.22. The van der Waals surface area contributed by atoms with Gasteiger partial charge in [-0.25, -0.2) is 13.6 Å². The molecule has 1 fully saturated rings. The van der Waals surface area contributed by atoms with E-state index in [0.717, 1.165) is 25.7 Å². The molecule has 1 heterocycles. The van der Waals surface area contributed by atoms with E-state index in [9.17, 15) is 13.2 Å². The lowest BCUT2D eigenvalue weighted by atomic mass is 10.1. The number of aryl methyl sites for hydroxylation is 1. The van der Waals surface area contributed by atoms with Crippen molar-refractivity contribution in [3.8, 4) is 0 Å². The van der Waals surface area contributed by atoms with E-state index >= 15 is 0 Å². The summed E-state index contributed by atoms with van der Waals surface area (Å²) in [5.74, 6) is -0.196. The molecule has 6 nitrogen and oxygen atoms in total. The van der Waals surface area contributed by atoms with Gasteiger partial charge in [0.2, 0.25) is 5.09 Å². The van der Waals surface area contributed by atoms with Crippen LogP contribution in [-0.2, 0) is 16.4 Å². The summed E-state index contributed by atoms with van der Waals surface area (Å²) < 4.78 is 27.7. The van der Waals surface area contributed by atoms with Crippen molar-refractivity contribution < 1.29 is 17.6 Å². The largest absolute Gasteiger partial charge is 0.451 e. The molecule has 2 aliphatic rings. The zero-order valence-electron chi connectivity index (χ0n) is 13.0. The molecule has 2 N–H and O–H groups in total. The lowest BCUT2D eigenvalue weighted by Gasteiger charge is -2.29. The summed E-state index contributed by atoms with van der Waals surface area (Å²) in [6.45, 7) is 0. The van der Waals surface area contributed by atoms with Gasteiger partial charge < -0.3 is 9.32 Å². The van der Waals surface area contributed by atoms with Gasteiger partial charge in [0, 0.05) is 12.1 Å². The van der Waals surface area contributed by atoms with E-state index in [4.69, 9.17) is 9.56 Å². The highest BCUT2D eigenvalue weighted by atomic mass is 32.2. The maximum Gasteiger partial charge on any atom is 0.271 e. The van der Waals surface area contributed by atoms with Crippen molar-refractivity contribution in [1.29, 1.82) is 0 Å². The summed E-state index contributed by atoms with van der Waals surface area (Å²) in [7, 11) is -3.95. The fourth-order valence-corrected chi connectivity index (χ4v) is 3.94. The number of hydrogen-bond donors (Lipinski definition) is 1. The first-order valence-electron chi connectivity index (χ1n) is 7.97. The van der Waals surface area contributed by atoms with Crippen molar-refractivity contribution in [2.24, 2.45) is 5.14 Å². The monoisotopic (exact) mass is 346 g/mol. The highest BCUT2D eigenvalue weighted by Gasteiger charge is 2.41. The fourth-order valence-electron chi connectivity index (χ4n) is 3.47. The number of nitrogens with two attached hydrogens (primary N) is 1. The van der Waals surface area contributed by atoms with Crippen molar-refractivity contribution in [2.75, 3.05) is 0 Å². The third kappa shape index (κ3) is 2.63. The second kappa shape index (κ2) is 5.46. The molecule has 1 atom stereocenters. The third-order valence-electron chi connectivity index (χ3n) is 4.71. The standard InChI is InChI=1S/C17H18N2O4S/c18-24(21,22)16-9-12(10-23-16)17(20)19(13-6-7-13)15-8-5-11-3-1-2-4-14(11)15/h1-4,9-10,13,15H,5-8H2,(H2,18,21,22)/t15-/m0/s1. The number of sulfonamides is 1. The van der Waals surface area contributed by atoms with E-state index < -0.39 is 10.0 Å². The Morgan fingerprint density at radius 2 is 1.96 bits per heavy atom. The molecule has 0 bridgehead atoms. The molecule has 1 saturated carbocycles. The Hall–Kier alpha value is -2.12. The SMILES string of the molecule is NS(=O)(=O)c1cc(C(=O)N(C2CC2)[C@H]2CCc3ccccc32)co1. The molecular formula is C17H18N2O4S. The van der Waals surface area contributed by atoms with Crippen molar-refractivity contribution >= 4 is 15.9 Å². The summed E-state index contributed by atoms with van der Waals surface area (Å²) in [5.41, 5.74) is 2.70. The second-order valence-corrected chi connectivity index (χ2v) is 7.89. The van der Waals surface area contributed by atoms with E-state index in [0.29, 0.717) is 0 Å². The molecule has 1 amide bonds. The molecule has 0 aliphatic heterocycles. The molecule has 0 unspecified atom stereocenters. The third-order valence-corrected chi connectivity index (χ3v) is 5.49. The average molecular weight is 346 g/mol. The van der Waals surface area contributed by atoms with Crippen LogP contribution in [-0.4, -0.2) is 25.3 Å². The van der Waals surface area contributed by atoms with Crippen LogP contribution in [0.5, 0.6) is 0 Å². The van der Waals surface area contributed by atoms with Crippen LogP contribution in [0, 0.1) is 0 Å². The summed E-state index contributed by atoms with van der Waals surface area (Å²) in [6.07, 6.45) is 4.97. The molecule has 2 aromatic rings. The van der Waals surface area contributed by atoms with E-state index in [-0.39, 0.29) is 28.6 Å². The van der Waals surface area contributed by atoms with E-state index in [2.05, 4.69) is 12.1 Å². The number of hydrogen-bond acceptors (Lipinski definition) is 4. The number of carbonyl (C=O) groups excluding carboxylic acids is 1. The minimum absolute atomic E-state index is 0.0361. The lowest BCUT2D eigenvalue weighted by Crippen LogP contribution is -2.35. The summed E-state index contributed by atoms with van der Waals surface area (Å²) in [4.78, 5) is 14.9. The maximum atomic E-state index is 13.0. The van der Waals surface area contributed by atoms with Crippen LogP contribution in [0.25, 0.3) is 0 Å². The molecule has 4 rings (SSSR count). The summed E-state index contributed by atoms with van der Waals surface area (Å²) in [6, 6.07) is 9.63. The molecule has 7 heteroatoms. The Labute approximate surface area is 140 Å². The molecule has 0 saturated heterocycles. The van der Waals surface area contributed by atoms with Crippen LogP contribution >= 0.6 is 0 Å². The minimum atomic E-state index is -3.95. The van der Waals surface area contributed by atoms with Crippen LogP contribution in [0.15, 0.2) is 46.1 Å². The molecular weight excluding hydrogens is 328 g/mol. The topological polar surface area (TPSA) is 93.6 Å². The molecule has 1 aromatic heterocycles. The van der Waals surface area contributed by atoms with E-state index in [1.54, 1.807) is 0 Å². The average Bonchev–Trinajstić information content (AvgIpc) is 3.09. The Balaban J connectivity index is 1.67. The first-order chi connectivity index (χ1) is 11.4. The van der Waals surface area contributed by atoms with Gasteiger partial charge in [-0.1, -0.05) is 24.3 Å². The summed E-state index contributed by atoms with van der Waals surface area (Å²) in [5, 5.41) is 4.68. The van der Waals surface area contributed by atoms with Crippen LogP contribution in [0.3, 0.4) is 0 Å². The smallest absolute Gasteiger partial charge is 0.271 e. The van der Waals surface area contributed by atoms with E-state index in [1.807, 2.05) is 17.0 Å². The fraction of sp³-hybridized carbons (Fsp3) is 0.353. The van der Waals surface area contributed by atoms with Gasteiger partial charge in [0.25, 0.3) is 15.9 Å². The number of benzene rings is 1. The molecule has 0 radical (unpaired) electrons. The van der Waals surface area contributed by atoms with Gasteiger partial charge in [-0.3, -0.25) is 4.79 Å². The zero-order chi connectivity index (χ0) is 16.9. The summed E-state index contributed by atoms with van der Waals surface area (Å²) >= 11 is 0. The first kappa shape index (κ1) is 15.4.